The number of anilines is 1. The molecule has 5 heteroatoms. The summed E-state index contributed by atoms with van der Waals surface area (Å²) in [6.07, 6.45) is 1.00. The van der Waals surface area contributed by atoms with Crippen LogP contribution in [0.1, 0.15) is 39.7 Å². The van der Waals surface area contributed by atoms with Gasteiger partial charge in [0.1, 0.15) is 6.04 Å². The molecule has 3 N–H and O–H groups in total. The largest absolute Gasteiger partial charge is 0.396 e. The third kappa shape index (κ3) is 6.82. The van der Waals surface area contributed by atoms with E-state index >= 15 is 0 Å². The van der Waals surface area contributed by atoms with Crippen LogP contribution < -0.4 is 10.6 Å². The Bertz CT molecular complexity index is 510. The van der Waals surface area contributed by atoms with Gasteiger partial charge in [-0.15, -0.1) is 0 Å². The molecule has 1 aromatic carbocycles. The molecule has 0 bridgehead atoms. The van der Waals surface area contributed by atoms with Crippen LogP contribution in [0.3, 0.4) is 0 Å². The van der Waals surface area contributed by atoms with Crippen molar-refractivity contribution in [3.05, 3.63) is 29.8 Å². The van der Waals surface area contributed by atoms with E-state index in [0.29, 0.717) is 18.5 Å². The third-order valence-corrected chi connectivity index (χ3v) is 3.48. The second-order valence-corrected chi connectivity index (χ2v) is 6.55. The van der Waals surface area contributed by atoms with Gasteiger partial charge in [-0.2, -0.15) is 0 Å². The number of rotatable bonds is 8. The number of nitrogens with one attached hydrogen (secondary N) is 2. The van der Waals surface area contributed by atoms with E-state index in [0.717, 1.165) is 5.56 Å². The van der Waals surface area contributed by atoms with Crippen LogP contribution in [0.5, 0.6) is 0 Å². The molecule has 0 aliphatic heterocycles. The Morgan fingerprint density at radius 3 is 2.17 bits per heavy atom. The summed E-state index contributed by atoms with van der Waals surface area (Å²) in [4.78, 5) is 24.3. The van der Waals surface area contributed by atoms with Crippen LogP contribution in [-0.2, 0) is 16.0 Å². The number of aliphatic hydroxyl groups excluding tert-OH is 1. The highest BCUT2D eigenvalue weighted by atomic mass is 16.3. The van der Waals surface area contributed by atoms with Crippen LogP contribution >= 0.6 is 0 Å². The normalized spacial score (nSPS) is 12.3. The Hall–Kier alpha value is -1.88. The third-order valence-electron chi connectivity index (χ3n) is 3.48. The first-order chi connectivity index (χ1) is 10.8. The number of amides is 2. The van der Waals surface area contributed by atoms with Crippen molar-refractivity contribution < 1.29 is 14.7 Å². The minimum absolute atomic E-state index is 0.000209. The Balaban J connectivity index is 2.68. The second kappa shape index (κ2) is 9.30. The van der Waals surface area contributed by atoms with Crippen molar-refractivity contribution >= 4 is 17.5 Å². The fourth-order valence-corrected chi connectivity index (χ4v) is 2.24. The minimum atomic E-state index is -0.557. The van der Waals surface area contributed by atoms with E-state index in [4.69, 9.17) is 5.11 Å². The van der Waals surface area contributed by atoms with E-state index in [-0.39, 0.29) is 30.3 Å². The lowest BCUT2D eigenvalue weighted by Gasteiger charge is -2.22. The Morgan fingerprint density at radius 1 is 1.09 bits per heavy atom. The lowest BCUT2D eigenvalue weighted by atomic mass is 10.0. The Labute approximate surface area is 138 Å². The van der Waals surface area contributed by atoms with Gasteiger partial charge in [0.15, 0.2) is 0 Å². The van der Waals surface area contributed by atoms with Crippen molar-refractivity contribution in [2.45, 2.75) is 46.6 Å². The molecular weight excluding hydrogens is 292 g/mol. The summed E-state index contributed by atoms with van der Waals surface area (Å²) in [5, 5.41) is 14.6. The SMILES string of the molecule is CC(C)CC(=O)NC(C(=O)Nc1ccc(CCO)cc1)C(C)C. The first-order valence-electron chi connectivity index (χ1n) is 8.13. The van der Waals surface area contributed by atoms with Crippen molar-refractivity contribution in [3.63, 3.8) is 0 Å². The number of carbonyl (C=O) groups is 2. The van der Waals surface area contributed by atoms with Gasteiger partial charge in [0.2, 0.25) is 11.8 Å². The molecule has 23 heavy (non-hydrogen) atoms. The highest BCUT2D eigenvalue weighted by molar-refractivity contribution is 5.97. The molecule has 1 rings (SSSR count). The Kier molecular flexibility index (Phi) is 7.75. The number of hydrogen-bond donors (Lipinski definition) is 3. The monoisotopic (exact) mass is 320 g/mol. The molecule has 1 aromatic rings. The molecule has 0 aromatic heterocycles. The maximum absolute atomic E-state index is 12.4. The molecule has 5 nitrogen and oxygen atoms in total. The molecular formula is C18H28N2O3. The lowest BCUT2D eigenvalue weighted by Crippen LogP contribution is -2.47. The van der Waals surface area contributed by atoms with Gasteiger partial charge in [-0.3, -0.25) is 9.59 Å². The zero-order valence-electron chi connectivity index (χ0n) is 14.4. The molecule has 0 fully saturated rings. The van der Waals surface area contributed by atoms with Crippen LogP contribution in [0, 0.1) is 11.8 Å². The topological polar surface area (TPSA) is 78.4 Å². The van der Waals surface area contributed by atoms with Gasteiger partial charge >= 0.3 is 0 Å². The van der Waals surface area contributed by atoms with Crippen LogP contribution in [0.25, 0.3) is 0 Å². The van der Waals surface area contributed by atoms with Crippen LogP contribution in [0.4, 0.5) is 5.69 Å². The van der Waals surface area contributed by atoms with Gasteiger partial charge in [-0.05, 0) is 36.0 Å². The summed E-state index contributed by atoms with van der Waals surface area (Å²) in [5.41, 5.74) is 1.69. The summed E-state index contributed by atoms with van der Waals surface area (Å²) in [5.74, 6) is -0.0659. The number of hydrogen-bond acceptors (Lipinski definition) is 3. The van der Waals surface area contributed by atoms with E-state index < -0.39 is 6.04 Å². The summed E-state index contributed by atoms with van der Waals surface area (Å²) in [6, 6.07) is 6.78. The van der Waals surface area contributed by atoms with E-state index in [2.05, 4.69) is 10.6 Å². The molecule has 0 spiro atoms. The smallest absolute Gasteiger partial charge is 0.247 e. The zero-order valence-corrected chi connectivity index (χ0v) is 14.4. The van der Waals surface area contributed by atoms with Crippen molar-refractivity contribution in [1.29, 1.82) is 0 Å². The maximum atomic E-state index is 12.4. The fourth-order valence-electron chi connectivity index (χ4n) is 2.24. The summed E-state index contributed by atoms with van der Waals surface area (Å²) < 4.78 is 0. The minimum Gasteiger partial charge on any atom is -0.396 e. The number of benzene rings is 1. The average molecular weight is 320 g/mol. The van der Waals surface area contributed by atoms with Crippen molar-refractivity contribution in [2.75, 3.05) is 11.9 Å². The van der Waals surface area contributed by atoms with Crippen LogP contribution in [0.15, 0.2) is 24.3 Å². The maximum Gasteiger partial charge on any atom is 0.247 e. The summed E-state index contributed by atoms with van der Waals surface area (Å²) in [6.45, 7) is 7.85. The predicted molar refractivity (Wildman–Crippen MR) is 92.1 cm³/mol. The quantitative estimate of drug-likeness (QED) is 0.688. The molecule has 1 unspecified atom stereocenters. The van der Waals surface area contributed by atoms with Crippen molar-refractivity contribution in [3.8, 4) is 0 Å². The average Bonchev–Trinajstić information content (AvgIpc) is 2.46. The molecule has 1 atom stereocenters. The number of aliphatic hydroxyl groups is 1. The summed E-state index contributed by atoms with van der Waals surface area (Å²) in [7, 11) is 0. The molecule has 128 valence electrons. The summed E-state index contributed by atoms with van der Waals surface area (Å²) >= 11 is 0. The Morgan fingerprint density at radius 2 is 1.70 bits per heavy atom. The van der Waals surface area contributed by atoms with E-state index in [9.17, 15) is 9.59 Å². The van der Waals surface area contributed by atoms with Gasteiger partial charge < -0.3 is 15.7 Å². The van der Waals surface area contributed by atoms with E-state index in [1.807, 2.05) is 39.8 Å². The van der Waals surface area contributed by atoms with Crippen molar-refractivity contribution in [1.82, 2.24) is 5.32 Å². The van der Waals surface area contributed by atoms with Crippen LogP contribution in [-0.4, -0.2) is 29.6 Å². The molecule has 0 saturated heterocycles. The van der Waals surface area contributed by atoms with E-state index in [1.165, 1.54) is 0 Å². The van der Waals surface area contributed by atoms with E-state index in [1.54, 1.807) is 12.1 Å². The second-order valence-electron chi connectivity index (χ2n) is 6.55. The zero-order chi connectivity index (χ0) is 17.4. The molecule has 2 amide bonds. The van der Waals surface area contributed by atoms with Gasteiger partial charge in [-0.25, -0.2) is 0 Å². The predicted octanol–water partition coefficient (Wildman–Crippen LogP) is 2.35. The highest BCUT2D eigenvalue weighted by Gasteiger charge is 2.24. The number of carbonyl (C=O) groups excluding carboxylic acids is 2. The lowest BCUT2D eigenvalue weighted by molar-refractivity contribution is -0.127. The first-order valence-corrected chi connectivity index (χ1v) is 8.13. The van der Waals surface area contributed by atoms with Gasteiger partial charge in [0.05, 0.1) is 0 Å². The van der Waals surface area contributed by atoms with Gasteiger partial charge in [0, 0.05) is 18.7 Å². The standard InChI is InChI=1S/C18H28N2O3/c1-12(2)11-16(22)20-17(13(3)4)18(23)19-15-7-5-14(6-8-15)9-10-21/h5-8,12-13,17,21H,9-11H2,1-4H3,(H,19,23)(H,20,22). The molecule has 0 heterocycles. The molecule has 0 aliphatic rings. The molecule has 0 aliphatic carbocycles. The molecule has 0 radical (unpaired) electrons. The highest BCUT2D eigenvalue weighted by Crippen LogP contribution is 2.12. The fraction of sp³-hybridized carbons (Fsp3) is 0.556. The van der Waals surface area contributed by atoms with Crippen LogP contribution in [0.2, 0.25) is 0 Å². The van der Waals surface area contributed by atoms with Crippen molar-refractivity contribution in [2.24, 2.45) is 11.8 Å². The van der Waals surface area contributed by atoms with Gasteiger partial charge in [-0.1, -0.05) is 39.8 Å². The first kappa shape index (κ1) is 19.2. The molecule has 0 saturated carbocycles. The van der Waals surface area contributed by atoms with Gasteiger partial charge in [0.25, 0.3) is 0 Å².